The Morgan fingerprint density at radius 2 is 1.71 bits per heavy atom. The molecule has 1 aliphatic heterocycles. The van der Waals surface area contributed by atoms with Gasteiger partial charge in [0.1, 0.15) is 5.82 Å². The van der Waals surface area contributed by atoms with E-state index in [9.17, 15) is 14.0 Å². The maximum Gasteiger partial charge on any atom is 0.258 e. The lowest BCUT2D eigenvalue weighted by Gasteiger charge is -2.37. The van der Waals surface area contributed by atoms with E-state index in [0.717, 1.165) is 18.7 Å². The highest BCUT2D eigenvalue weighted by Gasteiger charge is 2.24. The van der Waals surface area contributed by atoms with Crippen molar-refractivity contribution < 1.29 is 14.0 Å². The van der Waals surface area contributed by atoms with Gasteiger partial charge in [0, 0.05) is 43.5 Å². The Kier molecular flexibility index (Phi) is 6.09. The van der Waals surface area contributed by atoms with Gasteiger partial charge in [-0.25, -0.2) is 4.39 Å². The molecule has 28 heavy (non-hydrogen) atoms. The van der Waals surface area contributed by atoms with Crippen LogP contribution in [-0.2, 0) is 0 Å². The highest BCUT2D eigenvalue weighted by atomic mass is 19.1. The summed E-state index contributed by atoms with van der Waals surface area (Å²) in [5.41, 5.74) is 1.82. The van der Waals surface area contributed by atoms with Gasteiger partial charge in [-0.2, -0.15) is 0 Å². The normalized spacial score (nSPS) is 15.0. The zero-order chi connectivity index (χ0) is 20.3. The minimum Gasteiger partial charge on any atom is -0.336 e. The van der Waals surface area contributed by atoms with Gasteiger partial charge in [-0.15, -0.1) is 0 Å². The Hall–Kier alpha value is -2.73. The van der Waals surface area contributed by atoms with Crippen molar-refractivity contribution in [3.05, 3.63) is 65.0 Å². The number of benzene rings is 2. The molecule has 0 spiro atoms. The van der Waals surface area contributed by atoms with E-state index in [0.29, 0.717) is 30.4 Å². The third-order valence-electron chi connectivity index (χ3n) is 5.18. The van der Waals surface area contributed by atoms with Crippen LogP contribution in [0.5, 0.6) is 0 Å². The maximum atomic E-state index is 13.9. The van der Waals surface area contributed by atoms with Crippen molar-refractivity contribution >= 4 is 17.5 Å². The molecule has 6 heteroatoms. The summed E-state index contributed by atoms with van der Waals surface area (Å²) in [5.74, 6) is -1.16. The molecule has 148 valence electrons. The minimum atomic E-state index is -0.576. The van der Waals surface area contributed by atoms with Gasteiger partial charge in [-0.05, 0) is 50.6 Å². The van der Waals surface area contributed by atoms with Gasteiger partial charge < -0.3 is 10.2 Å². The molecule has 2 aromatic rings. The Morgan fingerprint density at radius 1 is 1.04 bits per heavy atom. The van der Waals surface area contributed by atoms with Crippen LogP contribution in [-0.4, -0.2) is 53.8 Å². The fraction of sp³-hybridized carbons (Fsp3) is 0.364. The SMILES string of the molecule is Cc1ccc(C(=O)N2CCN(C(C)C)CC2)cc1NC(=O)c1ccccc1F. The number of hydrogen-bond acceptors (Lipinski definition) is 3. The second-order valence-electron chi connectivity index (χ2n) is 7.39. The summed E-state index contributed by atoms with van der Waals surface area (Å²) in [6.07, 6.45) is 0. The van der Waals surface area contributed by atoms with Crippen LogP contribution in [0, 0.1) is 12.7 Å². The number of nitrogens with one attached hydrogen (secondary N) is 1. The molecule has 1 N–H and O–H groups in total. The standard InChI is InChI=1S/C22H26FN3O2/c1-15(2)25-10-12-26(13-11-25)22(28)17-9-8-16(3)20(14-17)24-21(27)18-6-4-5-7-19(18)23/h4-9,14-15H,10-13H2,1-3H3,(H,24,27). The topological polar surface area (TPSA) is 52.7 Å². The van der Waals surface area contributed by atoms with Crippen LogP contribution in [0.1, 0.15) is 40.1 Å². The Bertz CT molecular complexity index is 874. The molecule has 0 radical (unpaired) electrons. The number of piperazine rings is 1. The molecule has 1 fully saturated rings. The van der Waals surface area contributed by atoms with Crippen molar-refractivity contribution in [1.82, 2.24) is 9.80 Å². The average molecular weight is 383 g/mol. The quantitative estimate of drug-likeness (QED) is 0.878. The molecule has 0 bridgehead atoms. The summed E-state index contributed by atoms with van der Waals surface area (Å²) >= 11 is 0. The summed E-state index contributed by atoms with van der Waals surface area (Å²) in [6, 6.07) is 11.5. The lowest BCUT2D eigenvalue weighted by Crippen LogP contribution is -2.50. The van der Waals surface area contributed by atoms with Gasteiger partial charge in [-0.3, -0.25) is 14.5 Å². The van der Waals surface area contributed by atoms with E-state index in [1.165, 1.54) is 18.2 Å². The molecular formula is C22H26FN3O2. The number of rotatable bonds is 4. The molecule has 1 heterocycles. The van der Waals surface area contributed by atoms with Crippen molar-refractivity contribution in [3.8, 4) is 0 Å². The molecule has 2 aromatic carbocycles. The number of nitrogens with zero attached hydrogens (tertiary/aromatic N) is 2. The van der Waals surface area contributed by atoms with E-state index in [4.69, 9.17) is 0 Å². The van der Waals surface area contributed by atoms with Gasteiger partial charge in [0.25, 0.3) is 11.8 Å². The predicted octanol–water partition coefficient (Wildman–Crippen LogP) is 3.55. The number of halogens is 1. The van der Waals surface area contributed by atoms with Crippen molar-refractivity contribution in [2.24, 2.45) is 0 Å². The van der Waals surface area contributed by atoms with E-state index >= 15 is 0 Å². The smallest absolute Gasteiger partial charge is 0.258 e. The third kappa shape index (κ3) is 4.39. The minimum absolute atomic E-state index is 0.0246. The molecule has 1 aliphatic rings. The number of amides is 2. The first-order valence-corrected chi connectivity index (χ1v) is 9.56. The first kappa shape index (κ1) is 20.0. The van der Waals surface area contributed by atoms with E-state index in [1.54, 1.807) is 24.3 Å². The first-order chi connectivity index (χ1) is 13.4. The molecule has 2 amide bonds. The first-order valence-electron chi connectivity index (χ1n) is 9.56. The number of anilines is 1. The Balaban J connectivity index is 1.74. The van der Waals surface area contributed by atoms with E-state index in [-0.39, 0.29) is 11.5 Å². The molecule has 3 rings (SSSR count). The Morgan fingerprint density at radius 3 is 2.36 bits per heavy atom. The van der Waals surface area contributed by atoms with Crippen molar-refractivity contribution in [1.29, 1.82) is 0 Å². The molecule has 0 unspecified atom stereocenters. The second-order valence-corrected chi connectivity index (χ2v) is 7.39. The van der Waals surface area contributed by atoms with Gasteiger partial charge in [0.15, 0.2) is 0 Å². The molecule has 0 atom stereocenters. The summed E-state index contributed by atoms with van der Waals surface area (Å²) in [4.78, 5) is 29.5. The zero-order valence-electron chi connectivity index (χ0n) is 16.5. The van der Waals surface area contributed by atoms with Gasteiger partial charge in [0.05, 0.1) is 5.56 Å². The van der Waals surface area contributed by atoms with Crippen LogP contribution >= 0.6 is 0 Å². The number of carbonyl (C=O) groups excluding carboxylic acids is 2. The van der Waals surface area contributed by atoms with Crippen LogP contribution in [0.2, 0.25) is 0 Å². The molecule has 0 saturated carbocycles. The monoisotopic (exact) mass is 383 g/mol. The molecule has 1 saturated heterocycles. The lowest BCUT2D eigenvalue weighted by molar-refractivity contribution is 0.0595. The van der Waals surface area contributed by atoms with E-state index < -0.39 is 11.7 Å². The molecular weight excluding hydrogens is 357 g/mol. The van der Waals surface area contributed by atoms with Crippen LogP contribution in [0.25, 0.3) is 0 Å². The van der Waals surface area contributed by atoms with E-state index in [1.807, 2.05) is 11.8 Å². The maximum absolute atomic E-state index is 13.9. The van der Waals surface area contributed by atoms with Crippen molar-refractivity contribution in [2.75, 3.05) is 31.5 Å². The van der Waals surface area contributed by atoms with Crippen LogP contribution in [0.15, 0.2) is 42.5 Å². The van der Waals surface area contributed by atoms with Crippen LogP contribution in [0.4, 0.5) is 10.1 Å². The van der Waals surface area contributed by atoms with E-state index in [2.05, 4.69) is 24.1 Å². The fourth-order valence-corrected chi connectivity index (χ4v) is 3.35. The number of hydrogen-bond donors (Lipinski definition) is 1. The summed E-state index contributed by atoms with van der Waals surface area (Å²) in [6.45, 7) is 9.22. The average Bonchev–Trinajstić information content (AvgIpc) is 2.69. The predicted molar refractivity (Wildman–Crippen MR) is 108 cm³/mol. The molecule has 0 aromatic heterocycles. The fourth-order valence-electron chi connectivity index (χ4n) is 3.35. The largest absolute Gasteiger partial charge is 0.336 e. The number of carbonyl (C=O) groups is 2. The number of aryl methyl sites for hydroxylation is 1. The molecule has 5 nitrogen and oxygen atoms in total. The van der Waals surface area contributed by atoms with Crippen LogP contribution in [0.3, 0.4) is 0 Å². The second kappa shape index (κ2) is 8.52. The molecule has 0 aliphatic carbocycles. The summed E-state index contributed by atoms with van der Waals surface area (Å²) in [5, 5.41) is 2.73. The lowest BCUT2D eigenvalue weighted by atomic mass is 10.1. The summed E-state index contributed by atoms with van der Waals surface area (Å²) < 4.78 is 13.9. The highest BCUT2D eigenvalue weighted by molar-refractivity contribution is 6.05. The highest BCUT2D eigenvalue weighted by Crippen LogP contribution is 2.20. The van der Waals surface area contributed by atoms with Gasteiger partial charge in [-0.1, -0.05) is 18.2 Å². The Labute approximate surface area is 165 Å². The zero-order valence-corrected chi connectivity index (χ0v) is 16.5. The van der Waals surface area contributed by atoms with Gasteiger partial charge in [0.2, 0.25) is 0 Å². The van der Waals surface area contributed by atoms with Crippen LogP contribution < -0.4 is 5.32 Å². The van der Waals surface area contributed by atoms with Crippen molar-refractivity contribution in [2.45, 2.75) is 26.8 Å². The van der Waals surface area contributed by atoms with Gasteiger partial charge >= 0.3 is 0 Å². The summed E-state index contributed by atoms with van der Waals surface area (Å²) in [7, 11) is 0. The van der Waals surface area contributed by atoms with Crippen molar-refractivity contribution in [3.63, 3.8) is 0 Å². The third-order valence-corrected chi connectivity index (χ3v) is 5.18.